The summed E-state index contributed by atoms with van der Waals surface area (Å²) in [7, 11) is 1.55. The summed E-state index contributed by atoms with van der Waals surface area (Å²) >= 11 is 0. The van der Waals surface area contributed by atoms with Crippen LogP contribution in [0.15, 0.2) is 91.0 Å². The van der Waals surface area contributed by atoms with Gasteiger partial charge in [0.05, 0.1) is 5.56 Å². The van der Waals surface area contributed by atoms with Gasteiger partial charge in [0.2, 0.25) is 0 Å². The minimum Gasteiger partial charge on any atom is -0.467 e. The molecule has 0 aromatic heterocycles. The summed E-state index contributed by atoms with van der Waals surface area (Å²) in [5.74, 6) is -0.637. The maximum Gasteiger partial charge on any atom is 0.188 e. The molecule has 0 N–H and O–H groups in total. The van der Waals surface area contributed by atoms with Crippen molar-refractivity contribution in [3.05, 3.63) is 103 Å². The smallest absolute Gasteiger partial charge is 0.188 e. The van der Waals surface area contributed by atoms with Gasteiger partial charge in [0.1, 0.15) is 17.4 Å². The second-order valence-corrected chi connectivity index (χ2v) is 7.52. The molecule has 0 atom stereocenters. The van der Waals surface area contributed by atoms with Crippen LogP contribution in [0.2, 0.25) is 0 Å². The fourth-order valence-corrected chi connectivity index (χ4v) is 4.26. The van der Waals surface area contributed by atoms with Crippen molar-refractivity contribution in [3.8, 4) is 28.0 Å². The van der Waals surface area contributed by atoms with E-state index in [1.807, 2.05) is 66.7 Å². The van der Waals surface area contributed by atoms with Crippen LogP contribution >= 0.6 is 0 Å². The van der Waals surface area contributed by atoms with Gasteiger partial charge in [0.25, 0.3) is 0 Å². The molecule has 0 aliphatic rings. The van der Waals surface area contributed by atoms with Gasteiger partial charge in [-0.2, -0.15) is 0 Å². The molecule has 5 aromatic carbocycles. The van der Waals surface area contributed by atoms with E-state index in [1.165, 1.54) is 18.2 Å². The molecule has 0 unspecified atom stereocenters. The van der Waals surface area contributed by atoms with Crippen molar-refractivity contribution in [1.29, 1.82) is 0 Å². The third kappa shape index (κ3) is 4.14. The van der Waals surface area contributed by atoms with Crippen LogP contribution in [0.4, 0.5) is 8.78 Å². The minimum absolute atomic E-state index is 0. The van der Waals surface area contributed by atoms with Gasteiger partial charge in [-0.3, -0.25) is 0 Å². The molecule has 0 saturated carbocycles. The summed E-state index contributed by atoms with van der Waals surface area (Å²) in [5, 5.41) is 3.77. The van der Waals surface area contributed by atoms with Crippen LogP contribution in [0.25, 0.3) is 43.8 Å². The van der Waals surface area contributed by atoms with Crippen LogP contribution in [-0.4, -0.2) is 32.8 Å². The quantitative estimate of drug-likeness (QED) is 0.215. The topological polar surface area (TPSA) is 18.5 Å². The van der Waals surface area contributed by atoms with Crippen LogP contribution in [0.1, 0.15) is 0 Å². The Kier molecular flexibility index (Phi) is 6.81. The van der Waals surface area contributed by atoms with Crippen LogP contribution in [0.5, 0.6) is 5.75 Å². The molecule has 5 aromatic rings. The van der Waals surface area contributed by atoms with E-state index in [0.29, 0.717) is 11.3 Å². The van der Waals surface area contributed by atoms with Crippen molar-refractivity contribution in [1.82, 2.24) is 0 Å². The largest absolute Gasteiger partial charge is 0.467 e. The molecule has 0 saturated heterocycles. The summed E-state index contributed by atoms with van der Waals surface area (Å²) < 4.78 is 41.0. The second-order valence-electron chi connectivity index (χ2n) is 7.52. The minimum atomic E-state index is -0.610. The molecule has 0 spiro atoms. The maximum atomic E-state index is 15.0. The zero-order valence-electron chi connectivity index (χ0n) is 18.4. The van der Waals surface area contributed by atoms with E-state index < -0.39 is 11.6 Å². The Bertz CT molecular complexity index is 1430. The molecule has 0 aliphatic carbocycles. The number of hydrogen-bond donors (Lipinski definition) is 0. The molecule has 0 fully saturated rings. The van der Waals surface area contributed by atoms with Crippen LogP contribution in [-0.2, 0) is 4.74 Å². The molecular weight excluding hydrogens is 413 g/mol. The first-order valence-corrected chi connectivity index (χ1v) is 10.3. The summed E-state index contributed by atoms with van der Waals surface area (Å²) in [6.07, 6.45) is 0. The Labute approximate surface area is 202 Å². The van der Waals surface area contributed by atoms with E-state index in [-0.39, 0.29) is 31.2 Å². The van der Waals surface area contributed by atoms with Gasteiger partial charge in [-0.05, 0) is 45.3 Å². The van der Waals surface area contributed by atoms with Crippen molar-refractivity contribution in [2.45, 2.75) is 0 Å². The van der Waals surface area contributed by atoms with Gasteiger partial charge < -0.3 is 9.47 Å². The molecule has 33 heavy (non-hydrogen) atoms. The first kappa shape index (κ1) is 23.0. The van der Waals surface area contributed by atoms with E-state index in [4.69, 9.17) is 9.47 Å². The Morgan fingerprint density at radius 3 is 1.82 bits per heavy atom. The number of fused-ring (bicyclic) bond motifs is 2. The van der Waals surface area contributed by atoms with Crippen molar-refractivity contribution < 1.29 is 18.3 Å². The number of rotatable bonds is 5. The first-order valence-electron chi connectivity index (χ1n) is 10.3. The molecule has 0 heterocycles. The molecule has 0 amide bonds. The van der Waals surface area contributed by atoms with Gasteiger partial charge in [-0.25, -0.2) is 8.78 Å². The summed E-state index contributed by atoms with van der Waals surface area (Å²) in [5.41, 5.74) is 1.90. The Morgan fingerprint density at radius 2 is 1.18 bits per heavy atom. The number of halogens is 2. The third-order valence-electron chi connectivity index (χ3n) is 5.63. The Hall–Kier alpha value is -3.16. The zero-order valence-corrected chi connectivity index (χ0v) is 18.4. The number of hydrogen-bond acceptors (Lipinski definition) is 2. The fraction of sp³-hybridized carbons (Fsp3) is 0.0714. The average molecular weight is 433 g/mol. The molecular formula is C28H20F2LiO2. The van der Waals surface area contributed by atoms with E-state index in [0.717, 1.165) is 32.7 Å². The monoisotopic (exact) mass is 433 g/mol. The maximum absolute atomic E-state index is 15.0. The van der Waals surface area contributed by atoms with Gasteiger partial charge in [-0.1, -0.05) is 72.8 Å². The molecule has 5 heteroatoms. The second kappa shape index (κ2) is 9.77. The van der Waals surface area contributed by atoms with Crippen molar-refractivity contribution in [3.63, 3.8) is 0 Å². The molecule has 1 radical (unpaired) electrons. The molecule has 2 nitrogen and oxygen atoms in total. The summed E-state index contributed by atoms with van der Waals surface area (Å²) in [4.78, 5) is 0. The number of ether oxygens (including phenoxy) is 2. The molecule has 159 valence electrons. The van der Waals surface area contributed by atoms with Gasteiger partial charge in [0, 0.05) is 37.1 Å². The fourth-order valence-electron chi connectivity index (χ4n) is 4.26. The Balaban J connectivity index is 0.00000259. The van der Waals surface area contributed by atoms with E-state index in [1.54, 1.807) is 13.2 Å². The van der Waals surface area contributed by atoms with Crippen molar-refractivity contribution >= 4 is 40.4 Å². The summed E-state index contributed by atoms with van der Waals surface area (Å²) in [6, 6.07) is 27.2. The third-order valence-corrected chi connectivity index (χ3v) is 5.63. The normalized spacial score (nSPS) is 10.9. The predicted octanol–water partition coefficient (Wildman–Crippen LogP) is 7.21. The van der Waals surface area contributed by atoms with Crippen molar-refractivity contribution in [2.75, 3.05) is 13.9 Å². The molecule has 5 rings (SSSR count). The van der Waals surface area contributed by atoms with Crippen LogP contribution in [0.3, 0.4) is 0 Å². The first-order chi connectivity index (χ1) is 15.7. The van der Waals surface area contributed by atoms with E-state index in [2.05, 4.69) is 0 Å². The van der Waals surface area contributed by atoms with Gasteiger partial charge in [0.15, 0.2) is 6.79 Å². The van der Waals surface area contributed by atoms with E-state index >= 15 is 0 Å². The van der Waals surface area contributed by atoms with Crippen molar-refractivity contribution in [2.24, 2.45) is 0 Å². The molecule has 0 aliphatic heterocycles. The SMILES string of the molecule is COCOc1ccc2ccccc2c1-c1c(-c2c(F)cccc2F)ccc2ccccc12.[Li]. The van der Waals surface area contributed by atoms with Gasteiger partial charge in [-0.15, -0.1) is 0 Å². The molecule has 0 bridgehead atoms. The average Bonchev–Trinajstić information content (AvgIpc) is 2.82. The summed E-state index contributed by atoms with van der Waals surface area (Å²) in [6.45, 7) is 0.0551. The number of methoxy groups -OCH3 is 1. The van der Waals surface area contributed by atoms with Gasteiger partial charge >= 0.3 is 0 Å². The van der Waals surface area contributed by atoms with Crippen LogP contribution in [0, 0.1) is 11.6 Å². The van der Waals surface area contributed by atoms with E-state index in [9.17, 15) is 8.78 Å². The predicted molar refractivity (Wildman–Crippen MR) is 130 cm³/mol. The zero-order chi connectivity index (χ0) is 22.1. The Morgan fingerprint density at radius 1 is 0.606 bits per heavy atom. The standard InChI is InChI=1S/C28H20F2O2.Li/c1-31-17-32-25-16-14-19-8-3-5-10-21(19)28(25)26-20-9-4-2-7-18(20)13-15-22(26)27-23(29)11-6-12-24(27)30;/h2-16H,17H2,1H3;. The number of benzene rings is 5. The van der Waals surface area contributed by atoms with Crippen LogP contribution < -0.4 is 4.74 Å².